The average Bonchev–Trinajstić information content (AvgIpc) is 2.26. The van der Waals surface area contributed by atoms with Gasteiger partial charge >= 0.3 is 0 Å². The molecule has 0 radical (unpaired) electrons. The highest BCUT2D eigenvalue weighted by Crippen LogP contribution is 1.99. The van der Waals surface area contributed by atoms with Gasteiger partial charge in [-0.1, -0.05) is 0 Å². The highest BCUT2D eigenvalue weighted by Gasteiger charge is 2.01. The molecule has 1 rings (SSSR count). The molecule has 6 nitrogen and oxygen atoms in total. The summed E-state index contributed by atoms with van der Waals surface area (Å²) in [5.74, 6) is -0.235. The highest BCUT2D eigenvalue weighted by molar-refractivity contribution is 5.91. The van der Waals surface area contributed by atoms with Crippen molar-refractivity contribution in [1.29, 1.82) is 0 Å². The second kappa shape index (κ2) is 6.86. The molecular formula is C9H13N3O3. The van der Waals surface area contributed by atoms with Crippen molar-refractivity contribution in [3.8, 4) is 0 Å². The number of anilines is 1. The summed E-state index contributed by atoms with van der Waals surface area (Å²) in [5.41, 5.74) is 0.554. The summed E-state index contributed by atoms with van der Waals surface area (Å²) >= 11 is 0. The average molecular weight is 211 g/mol. The van der Waals surface area contributed by atoms with E-state index in [4.69, 9.17) is 9.47 Å². The van der Waals surface area contributed by atoms with Gasteiger partial charge in [-0.15, -0.1) is 0 Å². The first-order chi connectivity index (χ1) is 7.33. The molecule has 1 N–H and O–H groups in total. The van der Waals surface area contributed by atoms with E-state index in [1.807, 2.05) is 0 Å². The monoisotopic (exact) mass is 211 g/mol. The molecule has 0 aliphatic heterocycles. The second-order valence-corrected chi connectivity index (χ2v) is 2.72. The van der Waals surface area contributed by atoms with Crippen LogP contribution in [0.1, 0.15) is 0 Å². The van der Waals surface area contributed by atoms with Gasteiger partial charge in [0, 0.05) is 7.11 Å². The van der Waals surface area contributed by atoms with Gasteiger partial charge in [0.1, 0.15) is 12.9 Å². The lowest BCUT2D eigenvalue weighted by Crippen LogP contribution is -2.19. The minimum absolute atomic E-state index is 0.00173. The Balaban J connectivity index is 2.19. The van der Waals surface area contributed by atoms with Crippen molar-refractivity contribution in [1.82, 2.24) is 9.97 Å². The first-order valence-electron chi connectivity index (χ1n) is 4.44. The van der Waals surface area contributed by atoms with Gasteiger partial charge < -0.3 is 14.8 Å². The molecule has 0 aromatic carbocycles. The summed E-state index contributed by atoms with van der Waals surface area (Å²) in [4.78, 5) is 18.8. The van der Waals surface area contributed by atoms with Crippen LogP contribution >= 0.6 is 0 Å². The number of amides is 1. The topological polar surface area (TPSA) is 73.3 Å². The molecule has 1 aromatic rings. The molecule has 0 aliphatic carbocycles. The largest absolute Gasteiger partial charge is 0.382 e. The Labute approximate surface area is 87.6 Å². The fourth-order valence-electron chi connectivity index (χ4n) is 0.868. The number of ether oxygens (including phenoxy) is 2. The van der Waals surface area contributed by atoms with Crippen LogP contribution in [0.2, 0.25) is 0 Å². The van der Waals surface area contributed by atoms with Gasteiger partial charge in [-0.05, 0) is 0 Å². The zero-order chi connectivity index (χ0) is 10.9. The van der Waals surface area contributed by atoms with Gasteiger partial charge in [0.15, 0.2) is 0 Å². The van der Waals surface area contributed by atoms with Crippen LogP contribution in [0.3, 0.4) is 0 Å². The minimum Gasteiger partial charge on any atom is -0.382 e. The Morgan fingerprint density at radius 3 is 2.80 bits per heavy atom. The van der Waals surface area contributed by atoms with Crippen LogP contribution in [-0.2, 0) is 14.3 Å². The fourth-order valence-corrected chi connectivity index (χ4v) is 0.868. The molecule has 1 aromatic heterocycles. The van der Waals surface area contributed by atoms with Crippen LogP contribution in [0.15, 0.2) is 18.7 Å². The predicted octanol–water partition coefficient (Wildman–Crippen LogP) is 0.0781. The molecule has 0 spiro atoms. The Kier molecular flexibility index (Phi) is 5.28. The van der Waals surface area contributed by atoms with Crippen LogP contribution in [0.25, 0.3) is 0 Å². The zero-order valence-corrected chi connectivity index (χ0v) is 8.47. The van der Waals surface area contributed by atoms with Gasteiger partial charge in [0.05, 0.1) is 31.3 Å². The van der Waals surface area contributed by atoms with Crippen LogP contribution in [0.4, 0.5) is 5.69 Å². The normalized spacial score (nSPS) is 9.93. The number of rotatable bonds is 6. The van der Waals surface area contributed by atoms with E-state index in [1.54, 1.807) is 7.11 Å². The summed E-state index contributed by atoms with van der Waals surface area (Å²) in [7, 11) is 1.57. The maximum Gasteiger partial charge on any atom is 0.250 e. The number of hydrogen-bond acceptors (Lipinski definition) is 5. The molecule has 15 heavy (non-hydrogen) atoms. The zero-order valence-electron chi connectivity index (χ0n) is 8.47. The van der Waals surface area contributed by atoms with Crippen molar-refractivity contribution in [2.24, 2.45) is 0 Å². The summed E-state index contributed by atoms with van der Waals surface area (Å²) < 4.78 is 9.80. The molecule has 1 heterocycles. The van der Waals surface area contributed by atoms with Gasteiger partial charge in [-0.25, -0.2) is 9.97 Å². The Hall–Kier alpha value is -1.53. The van der Waals surface area contributed by atoms with Crippen molar-refractivity contribution in [2.75, 3.05) is 32.2 Å². The third-order valence-electron chi connectivity index (χ3n) is 1.51. The van der Waals surface area contributed by atoms with E-state index >= 15 is 0 Å². The molecule has 0 fully saturated rings. The predicted molar refractivity (Wildman–Crippen MR) is 53.4 cm³/mol. The second-order valence-electron chi connectivity index (χ2n) is 2.72. The standard InChI is InChI=1S/C9H13N3O3/c1-14-2-3-15-6-9(13)12-8-4-10-7-11-5-8/h4-5,7H,2-3,6H2,1H3,(H,12,13). The molecule has 0 aliphatic rings. The van der Waals surface area contributed by atoms with Crippen molar-refractivity contribution < 1.29 is 14.3 Å². The molecule has 6 heteroatoms. The molecule has 0 bridgehead atoms. The van der Waals surface area contributed by atoms with E-state index in [0.29, 0.717) is 18.9 Å². The van der Waals surface area contributed by atoms with Gasteiger partial charge in [0.25, 0.3) is 0 Å². The van der Waals surface area contributed by atoms with E-state index in [0.717, 1.165) is 0 Å². The number of carbonyl (C=O) groups excluding carboxylic acids is 1. The summed E-state index contributed by atoms with van der Waals surface area (Å²) in [6, 6.07) is 0. The van der Waals surface area contributed by atoms with Crippen molar-refractivity contribution in [2.45, 2.75) is 0 Å². The minimum atomic E-state index is -0.235. The van der Waals surface area contributed by atoms with E-state index in [9.17, 15) is 4.79 Å². The molecule has 0 atom stereocenters. The lowest BCUT2D eigenvalue weighted by atomic mass is 10.5. The highest BCUT2D eigenvalue weighted by atomic mass is 16.5. The SMILES string of the molecule is COCCOCC(=O)Nc1cncnc1. The van der Waals surface area contributed by atoms with Crippen LogP contribution in [0.5, 0.6) is 0 Å². The van der Waals surface area contributed by atoms with Crippen LogP contribution in [0, 0.1) is 0 Å². The van der Waals surface area contributed by atoms with E-state index in [1.165, 1.54) is 18.7 Å². The Bertz CT molecular complexity index is 292. The van der Waals surface area contributed by atoms with E-state index in [-0.39, 0.29) is 12.5 Å². The van der Waals surface area contributed by atoms with Gasteiger partial charge in [-0.3, -0.25) is 4.79 Å². The molecule has 82 valence electrons. The first kappa shape index (κ1) is 11.5. The Morgan fingerprint density at radius 1 is 1.40 bits per heavy atom. The maximum absolute atomic E-state index is 11.2. The van der Waals surface area contributed by atoms with Crippen molar-refractivity contribution in [3.63, 3.8) is 0 Å². The van der Waals surface area contributed by atoms with Crippen molar-refractivity contribution in [3.05, 3.63) is 18.7 Å². The number of methoxy groups -OCH3 is 1. The fraction of sp³-hybridized carbons (Fsp3) is 0.444. The molecule has 1 amide bonds. The van der Waals surface area contributed by atoms with E-state index in [2.05, 4.69) is 15.3 Å². The van der Waals surface area contributed by atoms with Crippen LogP contribution < -0.4 is 5.32 Å². The van der Waals surface area contributed by atoms with Crippen LogP contribution in [-0.4, -0.2) is 42.8 Å². The summed E-state index contributed by atoms with van der Waals surface area (Å²) in [5, 5.41) is 2.59. The Morgan fingerprint density at radius 2 is 2.13 bits per heavy atom. The summed E-state index contributed by atoms with van der Waals surface area (Å²) in [6.45, 7) is 0.870. The van der Waals surface area contributed by atoms with Gasteiger partial charge in [-0.2, -0.15) is 0 Å². The lowest BCUT2D eigenvalue weighted by Gasteiger charge is -2.04. The third-order valence-corrected chi connectivity index (χ3v) is 1.51. The summed E-state index contributed by atoms with van der Waals surface area (Å²) in [6.07, 6.45) is 4.42. The number of aromatic nitrogens is 2. The lowest BCUT2D eigenvalue weighted by molar-refractivity contribution is -0.121. The van der Waals surface area contributed by atoms with Crippen molar-refractivity contribution >= 4 is 11.6 Å². The molecule has 0 unspecified atom stereocenters. The number of hydrogen-bond donors (Lipinski definition) is 1. The molecule has 0 saturated carbocycles. The quantitative estimate of drug-likeness (QED) is 0.674. The number of nitrogens with one attached hydrogen (secondary N) is 1. The molecule has 0 saturated heterocycles. The number of carbonyl (C=O) groups is 1. The molecular weight excluding hydrogens is 198 g/mol. The van der Waals surface area contributed by atoms with E-state index < -0.39 is 0 Å². The first-order valence-corrected chi connectivity index (χ1v) is 4.44. The number of nitrogens with zero attached hydrogens (tertiary/aromatic N) is 2. The third kappa shape index (κ3) is 5.04. The maximum atomic E-state index is 11.2. The smallest absolute Gasteiger partial charge is 0.250 e. The van der Waals surface area contributed by atoms with Gasteiger partial charge in [0.2, 0.25) is 5.91 Å².